The van der Waals surface area contributed by atoms with E-state index in [4.69, 9.17) is 0 Å². The van der Waals surface area contributed by atoms with Gasteiger partial charge in [-0.2, -0.15) is 4.98 Å². The molecular formula is C25H21F2N3O5. The van der Waals surface area contributed by atoms with Crippen LogP contribution >= 0.6 is 0 Å². The number of rotatable bonds is 7. The van der Waals surface area contributed by atoms with Gasteiger partial charge in [0.1, 0.15) is 5.65 Å². The van der Waals surface area contributed by atoms with E-state index in [1.165, 1.54) is 34.9 Å². The second-order valence-corrected chi connectivity index (χ2v) is 7.94. The lowest BCUT2D eigenvalue weighted by Crippen LogP contribution is -2.30. The Balaban J connectivity index is 1.62. The van der Waals surface area contributed by atoms with Gasteiger partial charge in [0.25, 0.3) is 5.56 Å². The molecule has 0 saturated heterocycles. The Hall–Kier alpha value is -4.47. The molecule has 0 saturated carbocycles. The standard InChI is InChI=1S/C25H21F2N3O5/c26-17-6-5-15(12-18(17)27)16(23-24(34)29-21-3-1-2-10-30(21)25(23)35)13-22(33)28-9-8-14-4-7-19(31)20(32)11-14/h1-7,10-12,16,31-32,34H,8-9,13H2,(H,28,33)/t16-/m1/s1. The Morgan fingerprint density at radius 3 is 2.54 bits per heavy atom. The van der Waals surface area contributed by atoms with E-state index in [9.17, 15) is 33.7 Å². The van der Waals surface area contributed by atoms with Crippen molar-refractivity contribution in [3.05, 3.63) is 99.5 Å². The molecule has 0 aliphatic rings. The van der Waals surface area contributed by atoms with Crippen LogP contribution in [-0.4, -0.2) is 37.2 Å². The predicted octanol–water partition coefficient (Wildman–Crippen LogP) is 2.97. The molecule has 1 amide bonds. The Bertz CT molecular complexity index is 1470. The maximum atomic E-state index is 14.0. The molecular weight excluding hydrogens is 460 g/mol. The number of phenolic OH excluding ortho intramolecular Hbond substituents is 2. The van der Waals surface area contributed by atoms with Crippen molar-refractivity contribution < 1.29 is 28.9 Å². The highest BCUT2D eigenvalue weighted by atomic mass is 19.2. The van der Waals surface area contributed by atoms with E-state index in [0.717, 1.165) is 12.1 Å². The van der Waals surface area contributed by atoms with E-state index < -0.39 is 34.9 Å². The van der Waals surface area contributed by atoms with Crippen molar-refractivity contribution in [1.82, 2.24) is 14.7 Å². The summed E-state index contributed by atoms with van der Waals surface area (Å²) in [6.07, 6.45) is 1.43. The summed E-state index contributed by atoms with van der Waals surface area (Å²) in [5, 5.41) is 32.2. The normalized spacial score (nSPS) is 11.9. The van der Waals surface area contributed by atoms with Gasteiger partial charge >= 0.3 is 0 Å². The van der Waals surface area contributed by atoms with E-state index in [1.807, 2.05) is 0 Å². The van der Waals surface area contributed by atoms with Gasteiger partial charge in [-0.15, -0.1) is 0 Å². The van der Waals surface area contributed by atoms with Crippen LogP contribution in [0.4, 0.5) is 8.78 Å². The van der Waals surface area contributed by atoms with Gasteiger partial charge < -0.3 is 20.6 Å². The van der Waals surface area contributed by atoms with Gasteiger partial charge in [-0.25, -0.2) is 8.78 Å². The Morgan fingerprint density at radius 2 is 1.80 bits per heavy atom. The molecule has 0 aliphatic carbocycles. The van der Waals surface area contributed by atoms with Gasteiger partial charge in [0.2, 0.25) is 11.8 Å². The van der Waals surface area contributed by atoms with Gasteiger partial charge in [0.05, 0.1) is 5.56 Å². The van der Waals surface area contributed by atoms with Gasteiger partial charge in [0.15, 0.2) is 23.1 Å². The third kappa shape index (κ3) is 5.06. The second-order valence-electron chi connectivity index (χ2n) is 7.94. The highest BCUT2D eigenvalue weighted by Crippen LogP contribution is 2.32. The highest BCUT2D eigenvalue weighted by molar-refractivity contribution is 5.77. The van der Waals surface area contributed by atoms with E-state index in [0.29, 0.717) is 12.0 Å². The molecule has 180 valence electrons. The number of benzene rings is 2. The monoisotopic (exact) mass is 481 g/mol. The second kappa shape index (κ2) is 9.80. The minimum Gasteiger partial charge on any atom is -0.504 e. The number of hydrogen-bond donors (Lipinski definition) is 4. The average Bonchev–Trinajstić information content (AvgIpc) is 2.82. The maximum absolute atomic E-state index is 14.0. The molecule has 0 bridgehead atoms. The first kappa shape index (κ1) is 23.7. The third-order valence-electron chi connectivity index (χ3n) is 5.61. The smallest absolute Gasteiger partial charge is 0.265 e. The molecule has 35 heavy (non-hydrogen) atoms. The summed E-state index contributed by atoms with van der Waals surface area (Å²) in [4.78, 5) is 30.0. The minimum absolute atomic E-state index is 0.118. The summed E-state index contributed by atoms with van der Waals surface area (Å²) in [5.74, 6) is -5.03. The SMILES string of the molecule is O=C(C[C@H](c1ccc(F)c(F)c1)c1c(O)nc2ccccn2c1=O)NCCc1ccc(O)c(O)c1. The lowest BCUT2D eigenvalue weighted by atomic mass is 9.89. The summed E-state index contributed by atoms with van der Waals surface area (Å²) in [6.45, 7) is 0.161. The van der Waals surface area contributed by atoms with Crippen LogP contribution in [0.25, 0.3) is 5.65 Å². The lowest BCUT2D eigenvalue weighted by Gasteiger charge is -2.19. The quantitative estimate of drug-likeness (QED) is 0.301. The van der Waals surface area contributed by atoms with Crippen LogP contribution in [0.5, 0.6) is 17.4 Å². The first-order chi connectivity index (χ1) is 16.7. The summed E-state index contributed by atoms with van der Waals surface area (Å²) >= 11 is 0. The summed E-state index contributed by atoms with van der Waals surface area (Å²) < 4.78 is 28.8. The van der Waals surface area contributed by atoms with Crippen LogP contribution in [-0.2, 0) is 11.2 Å². The fourth-order valence-electron chi connectivity index (χ4n) is 3.84. The number of phenols is 2. The molecule has 2 heterocycles. The number of amides is 1. The maximum Gasteiger partial charge on any atom is 0.265 e. The molecule has 2 aromatic heterocycles. The molecule has 4 aromatic rings. The number of aromatic nitrogens is 2. The van der Waals surface area contributed by atoms with Crippen LogP contribution < -0.4 is 10.9 Å². The topological polar surface area (TPSA) is 124 Å². The van der Waals surface area contributed by atoms with Crippen molar-refractivity contribution in [2.24, 2.45) is 0 Å². The number of hydrogen-bond acceptors (Lipinski definition) is 6. The van der Waals surface area contributed by atoms with Crippen LogP contribution in [0.1, 0.15) is 29.0 Å². The average molecular weight is 481 g/mol. The molecule has 0 unspecified atom stereocenters. The zero-order valence-electron chi connectivity index (χ0n) is 18.3. The van der Waals surface area contributed by atoms with Crippen molar-refractivity contribution in [3.63, 3.8) is 0 Å². The summed E-state index contributed by atoms with van der Waals surface area (Å²) in [7, 11) is 0. The third-order valence-corrected chi connectivity index (χ3v) is 5.61. The van der Waals surface area contributed by atoms with Crippen molar-refractivity contribution in [1.29, 1.82) is 0 Å². The fourth-order valence-corrected chi connectivity index (χ4v) is 3.84. The molecule has 1 atom stereocenters. The number of carbonyl (C=O) groups is 1. The zero-order valence-corrected chi connectivity index (χ0v) is 18.3. The number of carbonyl (C=O) groups excluding carboxylic acids is 1. The van der Waals surface area contributed by atoms with Gasteiger partial charge in [-0.1, -0.05) is 18.2 Å². The lowest BCUT2D eigenvalue weighted by molar-refractivity contribution is -0.121. The molecule has 0 spiro atoms. The van der Waals surface area contributed by atoms with E-state index in [-0.39, 0.29) is 41.2 Å². The van der Waals surface area contributed by atoms with Crippen LogP contribution in [0.3, 0.4) is 0 Å². The highest BCUT2D eigenvalue weighted by Gasteiger charge is 2.27. The van der Waals surface area contributed by atoms with Gasteiger partial charge in [-0.05, 0) is 53.9 Å². The van der Waals surface area contributed by atoms with Crippen molar-refractivity contribution >= 4 is 11.6 Å². The van der Waals surface area contributed by atoms with Gasteiger partial charge in [-0.3, -0.25) is 14.0 Å². The van der Waals surface area contributed by atoms with Crippen LogP contribution in [0, 0.1) is 11.6 Å². The van der Waals surface area contributed by atoms with E-state index >= 15 is 0 Å². The number of halogens is 2. The number of nitrogens with one attached hydrogen (secondary N) is 1. The van der Waals surface area contributed by atoms with Crippen molar-refractivity contribution in [2.75, 3.05) is 6.54 Å². The molecule has 0 aliphatic heterocycles. The van der Waals surface area contributed by atoms with Crippen LogP contribution in [0.15, 0.2) is 65.6 Å². The summed E-state index contributed by atoms with van der Waals surface area (Å²) in [5.41, 5.74) is 0.0952. The van der Waals surface area contributed by atoms with E-state index in [1.54, 1.807) is 18.2 Å². The Labute approximate surface area is 197 Å². The predicted molar refractivity (Wildman–Crippen MR) is 122 cm³/mol. The molecule has 4 N–H and O–H groups in total. The number of aromatic hydroxyl groups is 3. The van der Waals surface area contributed by atoms with E-state index in [2.05, 4.69) is 10.3 Å². The Morgan fingerprint density at radius 1 is 1.00 bits per heavy atom. The first-order valence-electron chi connectivity index (χ1n) is 10.7. The molecule has 4 rings (SSSR count). The Kier molecular flexibility index (Phi) is 6.63. The summed E-state index contributed by atoms with van der Waals surface area (Å²) in [6, 6.07) is 12.0. The number of pyridine rings is 1. The number of nitrogens with zero attached hydrogens (tertiary/aromatic N) is 2. The molecule has 2 aromatic carbocycles. The molecule has 10 heteroatoms. The van der Waals surface area contributed by atoms with Crippen molar-refractivity contribution in [2.45, 2.75) is 18.8 Å². The minimum atomic E-state index is -1.16. The van der Waals surface area contributed by atoms with Crippen molar-refractivity contribution in [3.8, 4) is 17.4 Å². The molecule has 0 radical (unpaired) electrons. The largest absolute Gasteiger partial charge is 0.504 e. The van der Waals surface area contributed by atoms with Gasteiger partial charge in [0, 0.05) is 25.1 Å². The molecule has 8 nitrogen and oxygen atoms in total. The van der Waals surface area contributed by atoms with Crippen LogP contribution in [0.2, 0.25) is 0 Å². The fraction of sp³-hybridized carbons (Fsp3) is 0.160. The zero-order chi connectivity index (χ0) is 25.1. The number of fused-ring (bicyclic) bond motifs is 1. The molecule has 0 fully saturated rings. The first-order valence-corrected chi connectivity index (χ1v) is 10.7.